The molecule has 0 fully saturated rings. The standard InChI is InChI=1S/C22H27NO4/c1-27-20-12-7-11-19(16-20)17-23-22(14-15-24,21(25)26)13-6-5-10-18-8-3-2-4-9-18/h2-4,7-9,11-12,15-16,23H,5-6,10,13-14,17H2,1H3,(H,25,26). The first-order valence-corrected chi connectivity index (χ1v) is 9.18. The lowest BCUT2D eigenvalue weighted by atomic mass is 9.88. The summed E-state index contributed by atoms with van der Waals surface area (Å²) in [4.78, 5) is 23.1. The van der Waals surface area contributed by atoms with Gasteiger partial charge in [0.1, 0.15) is 17.6 Å². The van der Waals surface area contributed by atoms with Crippen molar-refractivity contribution in [2.45, 2.75) is 44.2 Å². The highest BCUT2D eigenvalue weighted by atomic mass is 16.5. The summed E-state index contributed by atoms with van der Waals surface area (Å²) in [5.41, 5.74) is 0.898. The fraction of sp³-hybridized carbons (Fsp3) is 0.364. The van der Waals surface area contributed by atoms with Gasteiger partial charge < -0.3 is 14.6 Å². The Bertz CT molecular complexity index is 732. The zero-order chi connectivity index (χ0) is 19.5. The van der Waals surface area contributed by atoms with Crippen molar-refractivity contribution in [3.63, 3.8) is 0 Å². The molecule has 0 saturated carbocycles. The zero-order valence-corrected chi connectivity index (χ0v) is 15.7. The van der Waals surface area contributed by atoms with Crippen molar-refractivity contribution >= 4 is 12.3 Å². The van der Waals surface area contributed by atoms with Crippen LogP contribution in [0.2, 0.25) is 0 Å². The number of aryl methyl sites for hydroxylation is 1. The van der Waals surface area contributed by atoms with Crippen LogP contribution in [0.5, 0.6) is 5.75 Å². The molecule has 5 heteroatoms. The average Bonchev–Trinajstić information content (AvgIpc) is 2.70. The van der Waals surface area contributed by atoms with Gasteiger partial charge in [0.15, 0.2) is 0 Å². The van der Waals surface area contributed by atoms with Crippen molar-refractivity contribution in [3.05, 3.63) is 65.7 Å². The minimum Gasteiger partial charge on any atom is -0.497 e. The number of aliphatic carboxylic acids is 1. The fourth-order valence-electron chi connectivity index (χ4n) is 3.13. The molecule has 0 spiro atoms. The van der Waals surface area contributed by atoms with Gasteiger partial charge in [0.05, 0.1) is 7.11 Å². The number of hydrogen-bond acceptors (Lipinski definition) is 4. The minimum atomic E-state index is -1.25. The van der Waals surface area contributed by atoms with E-state index in [1.54, 1.807) is 7.11 Å². The number of aldehydes is 1. The number of benzene rings is 2. The van der Waals surface area contributed by atoms with Crippen LogP contribution >= 0.6 is 0 Å². The maximum atomic E-state index is 12.0. The smallest absolute Gasteiger partial charge is 0.324 e. The number of rotatable bonds is 12. The van der Waals surface area contributed by atoms with Crippen LogP contribution in [0.15, 0.2) is 54.6 Å². The summed E-state index contributed by atoms with van der Waals surface area (Å²) in [5.74, 6) is -0.273. The summed E-state index contributed by atoms with van der Waals surface area (Å²) in [6.07, 6.45) is 3.52. The molecule has 0 aromatic heterocycles. The zero-order valence-electron chi connectivity index (χ0n) is 15.7. The van der Waals surface area contributed by atoms with Gasteiger partial charge in [0.25, 0.3) is 0 Å². The maximum Gasteiger partial charge on any atom is 0.324 e. The largest absolute Gasteiger partial charge is 0.497 e. The summed E-state index contributed by atoms with van der Waals surface area (Å²) >= 11 is 0. The molecule has 0 aliphatic rings. The summed E-state index contributed by atoms with van der Waals surface area (Å²) in [6, 6.07) is 17.6. The van der Waals surface area contributed by atoms with Crippen molar-refractivity contribution in [1.82, 2.24) is 5.32 Å². The topological polar surface area (TPSA) is 75.6 Å². The quantitative estimate of drug-likeness (QED) is 0.441. The lowest BCUT2D eigenvalue weighted by molar-refractivity contribution is -0.146. The van der Waals surface area contributed by atoms with E-state index in [-0.39, 0.29) is 6.42 Å². The molecule has 144 valence electrons. The Kier molecular flexibility index (Phi) is 8.01. The molecule has 1 unspecified atom stereocenters. The van der Waals surface area contributed by atoms with Gasteiger partial charge in [0, 0.05) is 13.0 Å². The number of methoxy groups -OCH3 is 1. The molecule has 2 aromatic carbocycles. The van der Waals surface area contributed by atoms with Gasteiger partial charge in [-0.1, -0.05) is 48.9 Å². The van der Waals surface area contributed by atoms with Gasteiger partial charge >= 0.3 is 5.97 Å². The summed E-state index contributed by atoms with van der Waals surface area (Å²) < 4.78 is 5.20. The summed E-state index contributed by atoms with van der Waals surface area (Å²) in [7, 11) is 1.59. The second-order valence-corrected chi connectivity index (χ2v) is 6.66. The molecule has 0 aliphatic carbocycles. The van der Waals surface area contributed by atoms with Crippen molar-refractivity contribution in [3.8, 4) is 5.75 Å². The van der Waals surface area contributed by atoms with E-state index in [9.17, 15) is 14.7 Å². The van der Waals surface area contributed by atoms with E-state index in [2.05, 4.69) is 17.4 Å². The number of nitrogens with one attached hydrogen (secondary N) is 1. The molecule has 5 nitrogen and oxygen atoms in total. The second-order valence-electron chi connectivity index (χ2n) is 6.66. The highest BCUT2D eigenvalue weighted by Crippen LogP contribution is 2.21. The third-order valence-corrected chi connectivity index (χ3v) is 4.77. The Labute approximate surface area is 160 Å². The molecule has 0 saturated heterocycles. The van der Waals surface area contributed by atoms with E-state index in [1.165, 1.54) is 5.56 Å². The molecule has 0 bridgehead atoms. The SMILES string of the molecule is COc1cccc(CNC(CC=O)(CCCCc2ccccc2)C(=O)O)c1. The van der Waals surface area contributed by atoms with Crippen molar-refractivity contribution in [2.24, 2.45) is 0 Å². The van der Waals surface area contributed by atoms with Crippen LogP contribution in [0.1, 0.15) is 36.8 Å². The lowest BCUT2D eigenvalue weighted by Crippen LogP contribution is -2.52. The van der Waals surface area contributed by atoms with Crippen LogP contribution in [0.25, 0.3) is 0 Å². The number of carbonyl (C=O) groups is 2. The average molecular weight is 369 g/mol. The number of unbranched alkanes of at least 4 members (excludes halogenated alkanes) is 1. The van der Waals surface area contributed by atoms with E-state index in [0.29, 0.717) is 25.0 Å². The highest BCUT2D eigenvalue weighted by molar-refractivity contribution is 5.82. The van der Waals surface area contributed by atoms with Crippen LogP contribution < -0.4 is 10.1 Å². The van der Waals surface area contributed by atoms with E-state index in [4.69, 9.17) is 4.74 Å². The molecule has 27 heavy (non-hydrogen) atoms. The molecule has 2 aromatic rings. The molecule has 2 N–H and O–H groups in total. The van der Waals surface area contributed by atoms with Crippen molar-refractivity contribution < 1.29 is 19.4 Å². The van der Waals surface area contributed by atoms with E-state index < -0.39 is 11.5 Å². The third kappa shape index (κ3) is 6.22. The first-order valence-electron chi connectivity index (χ1n) is 9.18. The van der Waals surface area contributed by atoms with E-state index in [1.807, 2.05) is 42.5 Å². The van der Waals surface area contributed by atoms with Gasteiger partial charge in [0.2, 0.25) is 0 Å². The second kappa shape index (κ2) is 10.5. The number of carbonyl (C=O) groups excluding carboxylic acids is 1. The first-order chi connectivity index (χ1) is 13.1. The van der Waals surface area contributed by atoms with Gasteiger partial charge in [-0.3, -0.25) is 10.1 Å². The monoisotopic (exact) mass is 369 g/mol. The Hall–Kier alpha value is -2.66. The molecule has 0 heterocycles. The van der Waals surface area contributed by atoms with Crippen molar-refractivity contribution in [1.29, 1.82) is 0 Å². The predicted octanol–water partition coefficient (Wildman–Crippen LogP) is 3.61. The van der Waals surface area contributed by atoms with Crippen LogP contribution in [0.3, 0.4) is 0 Å². The Morgan fingerprint density at radius 1 is 1.11 bits per heavy atom. The maximum absolute atomic E-state index is 12.0. The minimum absolute atomic E-state index is 0.0579. The van der Waals surface area contributed by atoms with Gasteiger partial charge in [-0.2, -0.15) is 0 Å². The van der Waals surface area contributed by atoms with Crippen LogP contribution in [-0.4, -0.2) is 30.0 Å². The summed E-state index contributed by atoms with van der Waals surface area (Å²) in [6.45, 7) is 0.357. The molecule has 0 aliphatic heterocycles. The van der Waals surface area contributed by atoms with Crippen LogP contribution in [0.4, 0.5) is 0 Å². The fourth-order valence-corrected chi connectivity index (χ4v) is 3.13. The molecule has 1 atom stereocenters. The Morgan fingerprint density at radius 2 is 1.85 bits per heavy atom. The molecular weight excluding hydrogens is 342 g/mol. The number of carboxylic acid groups (broad SMARTS) is 1. The normalized spacial score (nSPS) is 12.9. The van der Waals surface area contributed by atoms with Gasteiger partial charge in [-0.05, 0) is 42.5 Å². The molecule has 0 radical (unpaired) electrons. The number of ether oxygens (including phenoxy) is 1. The third-order valence-electron chi connectivity index (χ3n) is 4.77. The van der Waals surface area contributed by atoms with Crippen molar-refractivity contribution in [2.75, 3.05) is 7.11 Å². The van der Waals surface area contributed by atoms with Crippen LogP contribution in [-0.2, 0) is 22.6 Å². The Balaban J connectivity index is 1.98. The first kappa shape index (κ1) is 20.6. The van der Waals surface area contributed by atoms with Crippen LogP contribution in [0, 0.1) is 0 Å². The molecular formula is C22H27NO4. The van der Waals surface area contributed by atoms with E-state index >= 15 is 0 Å². The van der Waals surface area contributed by atoms with E-state index in [0.717, 1.165) is 24.8 Å². The predicted molar refractivity (Wildman–Crippen MR) is 105 cm³/mol. The lowest BCUT2D eigenvalue weighted by Gasteiger charge is -2.29. The number of carboxylic acids is 1. The molecule has 2 rings (SSSR count). The number of hydrogen-bond donors (Lipinski definition) is 2. The summed E-state index contributed by atoms with van der Waals surface area (Å²) in [5, 5.41) is 12.9. The van der Waals surface area contributed by atoms with Gasteiger partial charge in [-0.25, -0.2) is 0 Å². The Morgan fingerprint density at radius 3 is 2.52 bits per heavy atom. The van der Waals surface area contributed by atoms with Gasteiger partial charge in [-0.15, -0.1) is 0 Å². The molecule has 0 amide bonds. The highest BCUT2D eigenvalue weighted by Gasteiger charge is 2.37.